The van der Waals surface area contributed by atoms with Crippen LogP contribution in [0.3, 0.4) is 0 Å². The lowest BCUT2D eigenvalue weighted by atomic mass is 10.1. The predicted molar refractivity (Wildman–Crippen MR) is 58.8 cm³/mol. The van der Waals surface area contributed by atoms with Gasteiger partial charge < -0.3 is 0 Å². The van der Waals surface area contributed by atoms with Crippen molar-refractivity contribution in [2.24, 2.45) is 0 Å². The molecule has 0 aliphatic rings. The molecule has 1 heterocycles. The fraction of sp³-hybridized carbons (Fsp3) is 0.182. The van der Waals surface area contributed by atoms with Crippen LogP contribution in [0.5, 0.6) is 0 Å². The monoisotopic (exact) mass is 260 g/mol. The number of hydrogen-bond acceptors (Lipinski definition) is 1. The van der Waals surface area contributed by atoms with Crippen LogP contribution in [-0.4, -0.2) is 10.2 Å². The average molecular weight is 261 g/mol. The molecule has 0 unspecified atom stereocenters. The first-order chi connectivity index (χ1) is 7.91. The zero-order valence-corrected chi connectivity index (χ0v) is 9.52. The molecule has 2 aromatic rings. The van der Waals surface area contributed by atoms with E-state index in [0.717, 1.165) is 5.56 Å². The van der Waals surface area contributed by atoms with E-state index in [1.54, 1.807) is 31.2 Å². The van der Waals surface area contributed by atoms with Gasteiger partial charge in [0.15, 0.2) is 5.69 Å². The zero-order valence-electron chi connectivity index (χ0n) is 8.77. The van der Waals surface area contributed by atoms with Crippen LogP contribution >= 0.6 is 11.6 Å². The molecular formula is C11H8ClF3N2. The van der Waals surface area contributed by atoms with Crippen LogP contribution < -0.4 is 0 Å². The Balaban J connectivity index is 2.56. The number of rotatable bonds is 1. The molecule has 0 saturated carbocycles. The number of H-pyrrole nitrogens is 1. The fourth-order valence-corrected chi connectivity index (χ4v) is 1.83. The molecule has 0 atom stereocenters. The highest BCUT2D eigenvalue weighted by Gasteiger charge is 2.37. The maximum Gasteiger partial charge on any atom is 0.434 e. The minimum absolute atomic E-state index is 0.122. The first-order valence-corrected chi connectivity index (χ1v) is 5.16. The van der Waals surface area contributed by atoms with E-state index in [9.17, 15) is 13.2 Å². The second-order valence-electron chi connectivity index (χ2n) is 3.57. The van der Waals surface area contributed by atoms with Gasteiger partial charge in [-0.1, -0.05) is 35.9 Å². The number of aromatic nitrogens is 2. The van der Waals surface area contributed by atoms with E-state index in [1.165, 1.54) is 0 Å². The highest BCUT2D eigenvalue weighted by Crippen LogP contribution is 2.38. The molecule has 90 valence electrons. The molecule has 0 radical (unpaired) electrons. The molecule has 0 bridgehead atoms. The van der Waals surface area contributed by atoms with Gasteiger partial charge in [0.05, 0.1) is 5.02 Å². The summed E-state index contributed by atoms with van der Waals surface area (Å²) in [6.45, 7) is 1.79. The minimum Gasteiger partial charge on any atom is -0.272 e. The third kappa shape index (κ3) is 2.15. The van der Waals surface area contributed by atoms with Gasteiger partial charge in [-0.3, -0.25) is 5.10 Å². The van der Waals surface area contributed by atoms with E-state index < -0.39 is 16.9 Å². The molecule has 2 nitrogen and oxygen atoms in total. The molecule has 0 fully saturated rings. The molecule has 17 heavy (non-hydrogen) atoms. The SMILES string of the molecule is Cc1ccccc1-c1n[nH]c(C(F)(F)F)c1Cl. The molecule has 0 amide bonds. The number of aryl methyl sites for hydroxylation is 1. The summed E-state index contributed by atoms with van der Waals surface area (Å²) in [6, 6.07) is 6.98. The molecule has 0 aliphatic carbocycles. The Morgan fingerprint density at radius 2 is 1.88 bits per heavy atom. The Bertz CT molecular complexity index is 546. The van der Waals surface area contributed by atoms with Crippen molar-refractivity contribution >= 4 is 11.6 Å². The van der Waals surface area contributed by atoms with Crippen molar-refractivity contribution in [1.82, 2.24) is 10.2 Å². The van der Waals surface area contributed by atoms with Crippen molar-refractivity contribution in [3.05, 3.63) is 40.5 Å². The molecule has 1 aromatic carbocycles. The molecule has 2 rings (SSSR count). The molecule has 6 heteroatoms. The largest absolute Gasteiger partial charge is 0.434 e. The number of nitrogens with zero attached hydrogens (tertiary/aromatic N) is 1. The summed E-state index contributed by atoms with van der Waals surface area (Å²) in [5.41, 5.74) is 0.508. The second-order valence-corrected chi connectivity index (χ2v) is 3.95. The summed E-state index contributed by atoms with van der Waals surface area (Å²) in [5, 5.41) is 5.17. The van der Waals surface area contributed by atoms with E-state index >= 15 is 0 Å². The van der Waals surface area contributed by atoms with Gasteiger partial charge in [0.1, 0.15) is 5.69 Å². The zero-order chi connectivity index (χ0) is 12.6. The van der Waals surface area contributed by atoms with E-state index in [4.69, 9.17) is 11.6 Å². The number of halogens is 4. The highest BCUT2D eigenvalue weighted by molar-refractivity contribution is 6.33. The molecule has 0 saturated heterocycles. The van der Waals surface area contributed by atoms with Crippen LogP contribution in [0.25, 0.3) is 11.3 Å². The predicted octanol–water partition coefficient (Wildman–Crippen LogP) is 4.06. The van der Waals surface area contributed by atoms with Crippen molar-refractivity contribution in [2.75, 3.05) is 0 Å². The van der Waals surface area contributed by atoms with Crippen molar-refractivity contribution in [2.45, 2.75) is 13.1 Å². The first-order valence-electron chi connectivity index (χ1n) is 4.78. The smallest absolute Gasteiger partial charge is 0.272 e. The summed E-state index contributed by atoms with van der Waals surface area (Å²) in [6.07, 6.45) is -4.52. The van der Waals surface area contributed by atoms with Crippen LogP contribution in [0.4, 0.5) is 13.2 Å². The van der Waals surface area contributed by atoms with Crippen molar-refractivity contribution in [1.29, 1.82) is 0 Å². The maximum atomic E-state index is 12.5. The topological polar surface area (TPSA) is 28.7 Å². The second kappa shape index (κ2) is 4.07. The molecule has 0 aliphatic heterocycles. The van der Waals surface area contributed by atoms with Gasteiger partial charge in [0.2, 0.25) is 0 Å². The third-order valence-corrected chi connectivity index (χ3v) is 2.76. The van der Waals surface area contributed by atoms with Gasteiger partial charge in [-0.15, -0.1) is 0 Å². The number of aromatic amines is 1. The van der Waals surface area contributed by atoms with Crippen LogP contribution in [0.1, 0.15) is 11.3 Å². The summed E-state index contributed by atoms with van der Waals surface area (Å²) in [5.74, 6) is 0. The Hall–Kier alpha value is -1.49. The van der Waals surface area contributed by atoms with Gasteiger partial charge in [-0.2, -0.15) is 18.3 Å². The van der Waals surface area contributed by atoms with Gasteiger partial charge in [-0.25, -0.2) is 0 Å². The first kappa shape index (κ1) is 12.0. The van der Waals surface area contributed by atoms with Crippen LogP contribution in [0, 0.1) is 6.92 Å². The normalized spacial score (nSPS) is 11.8. The van der Waals surface area contributed by atoms with E-state index in [-0.39, 0.29) is 5.69 Å². The van der Waals surface area contributed by atoms with E-state index in [2.05, 4.69) is 5.10 Å². The summed E-state index contributed by atoms with van der Waals surface area (Å²) in [4.78, 5) is 0. The third-order valence-electron chi connectivity index (χ3n) is 2.39. The van der Waals surface area contributed by atoms with Crippen molar-refractivity contribution < 1.29 is 13.2 Å². The minimum atomic E-state index is -4.52. The van der Waals surface area contributed by atoms with Crippen LogP contribution in [0.2, 0.25) is 5.02 Å². The Morgan fingerprint density at radius 3 is 2.41 bits per heavy atom. The Kier molecular flexibility index (Phi) is 2.87. The lowest BCUT2D eigenvalue weighted by Gasteiger charge is -2.04. The van der Waals surface area contributed by atoms with Crippen LogP contribution in [-0.2, 0) is 6.18 Å². The Labute approximate surface area is 100 Å². The van der Waals surface area contributed by atoms with E-state index in [1.807, 2.05) is 5.10 Å². The van der Waals surface area contributed by atoms with Crippen molar-refractivity contribution in [3.63, 3.8) is 0 Å². The fourth-order valence-electron chi connectivity index (χ4n) is 1.53. The van der Waals surface area contributed by atoms with Gasteiger partial charge in [-0.05, 0) is 12.5 Å². The number of alkyl halides is 3. The summed E-state index contributed by atoms with van der Waals surface area (Å²) in [7, 11) is 0. The molecule has 1 N–H and O–H groups in total. The van der Waals surface area contributed by atoms with Gasteiger partial charge in [0, 0.05) is 5.56 Å². The Morgan fingerprint density at radius 1 is 1.24 bits per heavy atom. The van der Waals surface area contributed by atoms with E-state index in [0.29, 0.717) is 5.56 Å². The average Bonchev–Trinajstić information content (AvgIpc) is 2.60. The number of hydrogen-bond donors (Lipinski definition) is 1. The number of nitrogens with one attached hydrogen (secondary N) is 1. The lowest BCUT2D eigenvalue weighted by molar-refractivity contribution is -0.141. The maximum absolute atomic E-state index is 12.5. The van der Waals surface area contributed by atoms with Crippen LogP contribution in [0.15, 0.2) is 24.3 Å². The van der Waals surface area contributed by atoms with Gasteiger partial charge >= 0.3 is 6.18 Å². The highest BCUT2D eigenvalue weighted by atomic mass is 35.5. The quantitative estimate of drug-likeness (QED) is 0.823. The summed E-state index contributed by atoms with van der Waals surface area (Å²) < 4.78 is 37.6. The van der Waals surface area contributed by atoms with Gasteiger partial charge in [0.25, 0.3) is 0 Å². The molecule has 0 spiro atoms. The summed E-state index contributed by atoms with van der Waals surface area (Å²) >= 11 is 5.70. The standard InChI is InChI=1S/C11H8ClF3N2/c1-6-4-2-3-5-7(6)9-8(12)10(17-16-9)11(13,14)15/h2-5H,1H3,(H,16,17). The molecular weight excluding hydrogens is 253 g/mol. The molecule has 1 aromatic heterocycles. The lowest BCUT2D eigenvalue weighted by Crippen LogP contribution is -2.05. The number of benzene rings is 1. The van der Waals surface area contributed by atoms with Crippen molar-refractivity contribution in [3.8, 4) is 11.3 Å².